The van der Waals surface area contributed by atoms with Crippen molar-refractivity contribution in [3.05, 3.63) is 65.7 Å². The van der Waals surface area contributed by atoms with Gasteiger partial charge in [-0.15, -0.1) is 0 Å². The highest BCUT2D eigenvalue weighted by Gasteiger charge is 2.29. The van der Waals surface area contributed by atoms with Crippen LogP contribution in [0.25, 0.3) is 0 Å². The zero-order valence-corrected chi connectivity index (χ0v) is 16.1. The van der Waals surface area contributed by atoms with Crippen molar-refractivity contribution in [2.75, 3.05) is 36.2 Å². The highest BCUT2D eigenvalue weighted by atomic mass is 32.2. The van der Waals surface area contributed by atoms with Gasteiger partial charge in [-0.3, -0.25) is 9.10 Å². The first-order valence-corrected chi connectivity index (χ1v) is 10.8. The molecule has 1 aliphatic rings. The fourth-order valence-electron chi connectivity index (χ4n) is 3.29. The van der Waals surface area contributed by atoms with E-state index >= 15 is 0 Å². The van der Waals surface area contributed by atoms with E-state index in [4.69, 9.17) is 5.73 Å². The number of rotatable bonds is 7. The van der Waals surface area contributed by atoms with Gasteiger partial charge in [0, 0.05) is 31.7 Å². The lowest BCUT2D eigenvalue weighted by atomic mass is 10.1. The number of amides is 1. The van der Waals surface area contributed by atoms with Crippen LogP contribution in [0.3, 0.4) is 0 Å². The van der Waals surface area contributed by atoms with Gasteiger partial charge in [0.05, 0.1) is 11.4 Å². The van der Waals surface area contributed by atoms with Crippen LogP contribution in [0.1, 0.15) is 22.3 Å². The normalized spacial score (nSPS) is 15.7. The van der Waals surface area contributed by atoms with Crippen LogP contribution in [0.2, 0.25) is 0 Å². The van der Waals surface area contributed by atoms with Crippen molar-refractivity contribution in [2.45, 2.75) is 12.8 Å². The summed E-state index contributed by atoms with van der Waals surface area (Å²) in [5.41, 5.74) is 7.89. The number of hydrogen-bond acceptors (Lipinski definition) is 4. The number of nitrogens with two attached hydrogens (primary N) is 1. The van der Waals surface area contributed by atoms with Crippen LogP contribution in [0.15, 0.2) is 54.6 Å². The Kier molecular flexibility index (Phi) is 6.13. The highest BCUT2D eigenvalue weighted by molar-refractivity contribution is 7.93. The molecular weight excluding hydrogens is 362 g/mol. The number of nitrogens with zero attached hydrogens (tertiary/aromatic N) is 2. The summed E-state index contributed by atoms with van der Waals surface area (Å²) in [4.78, 5) is 14.7. The van der Waals surface area contributed by atoms with Crippen molar-refractivity contribution in [3.8, 4) is 0 Å². The van der Waals surface area contributed by atoms with Gasteiger partial charge in [0.15, 0.2) is 0 Å². The van der Waals surface area contributed by atoms with E-state index in [1.54, 1.807) is 29.2 Å². The molecule has 2 N–H and O–H groups in total. The van der Waals surface area contributed by atoms with E-state index in [1.165, 1.54) is 4.31 Å². The number of anilines is 1. The standard InChI is InChI=1S/C20H25N3O3S/c21-11-14-22(13-10-17-6-2-1-3-7-17)20(24)18-8-4-9-19(16-18)23-12-5-15-27(23,25)26/h1-4,6-9,16H,5,10-15,21H2. The molecule has 0 aromatic heterocycles. The molecule has 2 aromatic rings. The molecule has 7 heteroatoms. The Morgan fingerprint density at radius 1 is 1.07 bits per heavy atom. The van der Waals surface area contributed by atoms with E-state index in [2.05, 4.69) is 0 Å². The number of sulfonamides is 1. The van der Waals surface area contributed by atoms with Gasteiger partial charge >= 0.3 is 0 Å². The summed E-state index contributed by atoms with van der Waals surface area (Å²) in [6.45, 7) is 1.85. The van der Waals surface area contributed by atoms with Crippen LogP contribution in [-0.2, 0) is 16.4 Å². The van der Waals surface area contributed by atoms with Crippen LogP contribution in [0.5, 0.6) is 0 Å². The van der Waals surface area contributed by atoms with E-state index in [-0.39, 0.29) is 11.7 Å². The fourth-order valence-corrected chi connectivity index (χ4v) is 4.84. The maximum absolute atomic E-state index is 13.0. The van der Waals surface area contributed by atoms with Crippen LogP contribution >= 0.6 is 0 Å². The molecule has 0 unspecified atom stereocenters. The van der Waals surface area contributed by atoms with Gasteiger partial charge in [0.2, 0.25) is 10.0 Å². The second-order valence-electron chi connectivity index (χ2n) is 6.61. The van der Waals surface area contributed by atoms with Gasteiger partial charge in [-0.1, -0.05) is 36.4 Å². The molecular formula is C20H25N3O3S. The molecule has 27 heavy (non-hydrogen) atoms. The Morgan fingerprint density at radius 3 is 2.52 bits per heavy atom. The first-order valence-electron chi connectivity index (χ1n) is 9.15. The van der Waals surface area contributed by atoms with Crippen LogP contribution in [0, 0.1) is 0 Å². The molecule has 1 amide bonds. The van der Waals surface area contributed by atoms with Crippen molar-refractivity contribution in [1.82, 2.24) is 4.90 Å². The van der Waals surface area contributed by atoms with Crippen molar-refractivity contribution in [3.63, 3.8) is 0 Å². The van der Waals surface area contributed by atoms with Gasteiger partial charge in [-0.25, -0.2) is 8.42 Å². The largest absolute Gasteiger partial charge is 0.337 e. The minimum atomic E-state index is -3.27. The van der Waals surface area contributed by atoms with Crippen LogP contribution in [-0.4, -0.2) is 51.2 Å². The lowest BCUT2D eigenvalue weighted by molar-refractivity contribution is 0.0762. The maximum Gasteiger partial charge on any atom is 0.253 e. The summed E-state index contributed by atoms with van der Waals surface area (Å²) >= 11 is 0. The van der Waals surface area contributed by atoms with Crippen molar-refractivity contribution in [1.29, 1.82) is 0 Å². The lowest BCUT2D eigenvalue weighted by Gasteiger charge is -2.23. The first kappa shape index (κ1) is 19.4. The molecule has 6 nitrogen and oxygen atoms in total. The zero-order valence-electron chi connectivity index (χ0n) is 15.3. The van der Waals surface area contributed by atoms with Crippen molar-refractivity contribution in [2.24, 2.45) is 5.73 Å². The smallest absolute Gasteiger partial charge is 0.253 e. The Morgan fingerprint density at radius 2 is 1.85 bits per heavy atom. The highest BCUT2D eigenvalue weighted by Crippen LogP contribution is 2.25. The predicted molar refractivity (Wildman–Crippen MR) is 107 cm³/mol. The molecule has 0 spiro atoms. The van der Waals surface area contributed by atoms with Gasteiger partial charge in [-0.05, 0) is 36.6 Å². The van der Waals surface area contributed by atoms with Crippen molar-refractivity contribution >= 4 is 21.6 Å². The third-order valence-electron chi connectivity index (χ3n) is 4.68. The molecule has 0 radical (unpaired) electrons. The Balaban J connectivity index is 1.76. The average Bonchev–Trinajstić information content (AvgIpc) is 3.04. The van der Waals surface area contributed by atoms with Gasteiger partial charge in [0.1, 0.15) is 0 Å². The van der Waals surface area contributed by atoms with Crippen LogP contribution in [0.4, 0.5) is 5.69 Å². The summed E-state index contributed by atoms with van der Waals surface area (Å²) < 4.78 is 25.7. The molecule has 0 saturated carbocycles. The predicted octanol–water partition coefficient (Wildman–Crippen LogP) is 1.87. The summed E-state index contributed by atoms with van der Waals surface area (Å²) in [7, 11) is -3.27. The minimum absolute atomic E-state index is 0.130. The summed E-state index contributed by atoms with van der Waals surface area (Å²) in [6, 6.07) is 16.8. The third kappa shape index (κ3) is 4.67. The number of carbonyl (C=O) groups excluding carboxylic acids is 1. The summed E-state index contributed by atoms with van der Waals surface area (Å²) in [5, 5.41) is 0. The number of hydrogen-bond donors (Lipinski definition) is 1. The minimum Gasteiger partial charge on any atom is -0.337 e. The molecule has 1 heterocycles. The molecule has 1 aliphatic heterocycles. The molecule has 1 saturated heterocycles. The summed E-state index contributed by atoms with van der Waals surface area (Å²) in [5.74, 6) is 0.0245. The van der Waals surface area contributed by atoms with Gasteiger partial charge in [0.25, 0.3) is 5.91 Å². The van der Waals surface area contributed by atoms with Gasteiger partial charge < -0.3 is 10.6 Å². The molecule has 144 valence electrons. The first-order chi connectivity index (χ1) is 13.0. The fraction of sp³-hybridized carbons (Fsp3) is 0.350. The average molecular weight is 388 g/mol. The quantitative estimate of drug-likeness (QED) is 0.786. The lowest BCUT2D eigenvalue weighted by Crippen LogP contribution is -2.37. The number of benzene rings is 2. The Labute approximate surface area is 160 Å². The Hall–Kier alpha value is -2.38. The molecule has 1 fully saturated rings. The molecule has 3 rings (SSSR count). The molecule has 2 aromatic carbocycles. The second-order valence-corrected chi connectivity index (χ2v) is 8.62. The second kappa shape index (κ2) is 8.54. The van der Waals surface area contributed by atoms with Crippen LogP contribution < -0.4 is 10.0 Å². The van der Waals surface area contributed by atoms with E-state index in [1.807, 2.05) is 30.3 Å². The molecule has 0 aliphatic carbocycles. The third-order valence-corrected chi connectivity index (χ3v) is 6.55. The SMILES string of the molecule is NCCN(CCc1ccccc1)C(=O)c1cccc(N2CCCS2(=O)=O)c1. The van der Waals surface area contributed by atoms with E-state index in [0.717, 1.165) is 12.0 Å². The number of carbonyl (C=O) groups is 1. The van der Waals surface area contributed by atoms with E-state index < -0.39 is 10.0 Å². The van der Waals surface area contributed by atoms with E-state index in [0.29, 0.717) is 43.9 Å². The summed E-state index contributed by atoms with van der Waals surface area (Å²) in [6.07, 6.45) is 1.35. The Bertz CT molecular complexity index is 884. The zero-order chi connectivity index (χ0) is 19.3. The van der Waals surface area contributed by atoms with Crippen molar-refractivity contribution < 1.29 is 13.2 Å². The maximum atomic E-state index is 13.0. The van der Waals surface area contributed by atoms with Gasteiger partial charge in [-0.2, -0.15) is 0 Å². The van der Waals surface area contributed by atoms with E-state index in [9.17, 15) is 13.2 Å². The monoisotopic (exact) mass is 387 g/mol. The molecule has 0 atom stereocenters. The molecule has 0 bridgehead atoms. The topological polar surface area (TPSA) is 83.7 Å².